The Bertz CT molecular complexity index is 6800. The van der Waals surface area contributed by atoms with Crippen LogP contribution in [0.1, 0.15) is 0 Å². The van der Waals surface area contributed by atoms with E-state index in [0.29, 0.717) is 0 Å². The smallest absolute Gasteiger partial charge is 0.00139 e. The van der Waals surface area contributed by atoms with Crippen molar-refractivity contribution in [2.45, 2.75) is 0 Å². The van der Waals surface area contributed by atoms with Crippen LogP contribution in [0.2, 0.25) is 0 Å². The molecule has 0 saturated heterocycles. The topological polar surface area (TPSA) is 0 Å². The molecule has 0 spiro atoms. The van der Waals surface area contributed by atoms with Crippen LogP contribution in [0, 0.1) is 0 Å². The Morgan fingerprint density at radius 3 is 0.263 bits per heavy atom. The van der Waals surface area contributed by atoms with Crippen LogP contribution in [-0.2, 0) is 0 Å². The van der Waals surface area contributed by atoms with Crippen molar-refractivity contribution in [3.8, 4) is 134 Å². The van der Waals surface area contributed by atoms with Gasteiger partial charge in [0.25, 0.3) is 0 Å². The van der Waals surface area contributed by atoms with Gasteiger partial charge in [0.2, 0.25) is 0 Å². The third kappa shape index (κ3) is 11.1. The van der Waals surface area contributed by atoms with Gasteiger partial charge in [0.1, 0.15) is 0 Å². The lowest BCUT2D eigenvalue weighted by Gasteiger charge is -2.22. The summed E-state index contributed by atoms with van der Waals surface area (Å²) >= 11 is 0. The van der Waals surface area contributed by atoms with Crippen molar-refractivity contribution in [3.05, 3.63) is 437 Å². The van der Waals surface area contributed by atoms with E-state index in [1.807, 2.05) is 0 Å². The van der Waals surface area contributed by atoms with Crippen LogP contribution in [0.15, 0.2) is 437 Å². The van der Waals surface area contributed by atoms with Gasteiger partial charge in [0.15, 0.2) is 0 Å². The molecule has 0 unspecified atom stereocenters. The summed E-state index contributed by atoms with van der Waals surface area (Å²) in [5.41, 5.74) is 29.7. The van der Waals surface area contributed by atoms with Crippen molar-refractivity contribution in [1.29, 1.82) is 0 Å². The lowest BCUT2D eigenvalue weighted by atomic mass is 9.81. The van der Waals surface area contributed by atoms with E-state index in [4.69, 9.17) is 0 Å². The second kappa shape index (κ2) is 27.6. The first-order valence-corrected chi connectivity index (χ1v) is 39.6. The summed E-state index contributed by atoms with van der Waals surface area (Å²) in [4.78, 5) is 0. The molecule has 0 aliphatic carbocycles. The molecule has 0 radical (unpaired) electrons. The van der Waals surface area contributed by atoms with Gasteiger partial charge < -0.3 is 0 Å². The maximum Gasteiger partial charge on any atom is -0.00139 e. The van der Waals surface area contributed by atoms with Gasteiger partial charge in [-0.15, -0.1) is 0 Å². The van der Waals surface area contributed by atoms with Crippen molar-refractivity contribution in [1.82, 2.24) is 0 Å². The Balaban J connectivity index is 0.000000166. The third-order valence-corrected chi connectivity index (χ3v) is 24.1. The second-order valence-electron chi connectivity index (χ2n) is 30.3. The van der Waals surface area contributed by atoms with Crippen LogP contribution in [-0.4, -0.2) is 0 Å². The fourth-order valence-electron chi connectivity index (χ4n) is 18.9. The summed E-state index contributed by atoms with van der Waals surface area (Å²) in [5.74, 6) is 0. The van der Waals surface area contributed by atoms with Crippen LogP contribution in [0.5, 0.6) is 0 Å². The third-order valence-electron chi connectivity index (χ3n) is 24.1. The fourth-order valence-corrected chi connectivity index (χ4v) is 18.9. The van der Waals surface area contributed by atoms with Crippen molar-refractivity contribution in [3.63, 3.8) is 0 Å². The number of hydrogen-bond donors (Lipinski definition) is 0. The Morgan fingerprint density at radius 2 is 0.167 bits per heavy atom. The Labute approximate surface area is 662 Å². The van der Waals surface area contributed by atoms with Crippen LogP contribution in [0.4, 0.5) is 0 Å². The summed E-state index contributed by atoms with van der Waals surface area (Å²) in [6.45, 7) is 0. The largest absolute Gasteiger partial charge is 0.0622 e. The molecule has 23 aromatic carbocycles. The average Bonchev–Trinajstić information content (AvgIpc) is 0.718. The van der Waals surface area contributed by atoms with Crippen LogP contribution in [0.25, 0.3) is 230 Å². The van der Waals surface area contributed by atoms with Gasteiger partial charge in [-0.3, -0.25) is 0 Å². The zero-order valence-electron chi connectivity index (χ0n) is 62.6. The molecule has 0 N–H and O–H groups in total. The van der Waals surface area contributed by atoms with Crippen molar-refractivity contribution in [2.75, 3.05) is 0 Å². The van der Waals surface area contributed by atoms with Crippen molar-refractivity contribution >= 4 is 97.0 Å². The molecule has 0 bridgehead atoms. The number of hydrogen-bond acceptors (Lipinski definition) is 0. The monoisotopic (exact) mass is 1440 g/mol. The molecule has 0 nitrogen and oxygen atoms in total. The van der Waals surface area contributed by atoms with E-state index >= 15 is 0 Å². The summed E-state index contributed by atoms with van der Waals surface area (Å²) in [5, 5.41) is 23.2. The molecular formula is C114H72. The van der Waals surface area contributed by atoms with E-state index in [0.717, 1.165) is 0 Å². The molecule has 114 heavy (non-hydrogen) atoms. The van der Waals surface area contributed by atoms with Gasteiger partial charge in [0.05, 0.1) is 0 Å². The van der Waals surface area contributed by atoms with E-state index < -0.39 is 0 Å². The van der Waals surface area contributed by atoms with Gasteiger partial charge in [-0.2, -0.15) is 0 Å². The van der Waals surface area contributed by atoms with E-state index in [1.54, 1.807) is 0 Å². The summed E-state index contributed by atoms with van der Waals surface area (Å²) < 4.78 is 0. The minimum atomic E-state index is 1.19. The molecule has 0 saturated carbocycles. The predicted molar refractivity (Wildman–Crippen MR) is 489 cm³/mol. The average molecular weight is 1440 g/mol. The molecule has 528 valence electrons. The minimum Gasteiger partial charge on any atom is -0.0622 e. The Morgan fingerprint density at radius 1 is 0.0789 bits per heavy atom. The normalized spacial score (nSPS) is 11.7. The minimum absolute atomic E-state index is 1.19. The zero-order valence-corrected chi connectivity index (χ0v) is 62.6. The maximum atomic E-state index is 2.45. The molecule has 0 aromatic heterocycles. The standard InChI is InChI=1S/C74H46.C40H26/c1-7-19-47(20-8-1)63-43-65(49-23-11-3-12-24-49)57-39-41-61-69(45-67(51-27-15-5-16-28-51)59-37-35-55(63)71(57)73(59)61)53-31-33-54(34-32-53)70-46-68(52-29-17-6-18-30-52)60-38-36-56-64(48-21-9-2-10-22-48)44-66(50-25-13-4-14-26-50)58-40-42-62(70)74(60)72(56)58;1-5-13-27(14-6-1)35-25-36(28-15-7-2-8-16-28)32-23-24-34-38(30-19-11-4-12-20-30)26-37(29-17-9-3-10-18-29)33-22-21-31(35)39(32)40(33)34/h1-46H;1-26H. The molecule has 0 heteroatoms. The molecule has 0 fully saturated rings. The van der Waals surface area contributed by atoms with Crippen LogP contribution in [0.3, 0.4) is 0 Å². The fraction of sp³-hybridized carbons (Fsp3) is 0. The highest BCUT2D eigenvalue weighted by molar-refractivity contribution is 6.35. The summed E-state index contributed by atoms with van der Waals surface area (Å²) in [7, 11) is 0. The summed E-state index contributed by atoms with van der Waals surface area (Å²) in [6.07, 6.45) is 0. The highest BCUT2D eigenvalue weighted by atomic mass is 14.3. The quantitative estimate of drug-likeness (QED) is 0.107. The van der Waals surface area contributed by atoms with E-state index in [1.165, 1.54) is 230 Å². The SMILES string of the molecule is c1ccc(-c2cc(-c3ccccc3)c3ccc4c(-c5ccc(-c6cc(-c7ccccc7)c7ccc8c(-c9ccccc9)cc(-c9ccccc9)c9ccc6c7c89)cc5)cc(-c5ccccc5)c5ccc2c3c54)cc1.c1ccc(-c2cc(-c3ccccc3)c3ccc4c(-c5ccccc5)cc(-c5ccccc5)c5ccc2c3c54)cc1. The summed E-state index contributed by atoms with van der Waals surface area (Å²) in [6, 6.07) is 161. The van der Waals surface area contributed by atoms with Crippen molar-refractivity contribution < 1.29 is 0 Å². The molecule has 23 aromatic rings. The molecular weight excluding hydrogens is 1370 g/mol. The molecule has 0 aliphatic rings. The second-order valence-corrected chi connectivity index (χ2v) is 30.3. The van der Waals surface area contributed by atoms with Gasteiger partial charge in [-0.1, -0.05) is 400 Å². The van der Waals surface area contributed by atoms with E-state index in [-0.39, 0.29) is 0 Å². The molecule has 0 atom stereocenters. The van der Waals surface area contributed by atoms with E-state index in [2.05, 4.69) is 437 Å². The Kier molecular flexibility index (Phi) is 16.0. The number of rotatable bonds is 12. The van der Waals surface area contributed by atoms with Gasteiger partial charge in [-0.25, -0.2) is 0 Å². The Hall–Kier alpha value is -14.8. The predicted octanol–water partition coefficient (Wildman–Crippen LogP) is 32.1. The highest BCUT2D eigenvalue weighted by Gasteiger charge is 2.26. The van der Waals surface area contributed by atoms with Crippen molar-refractivity contribution in [2.24, 2.45) is 0 Å². The first-order valence-electron chi connectivity index (χ1n) is 39.6. The van der Waals surface area contributed by atoms with Crippen LogP contribution < -0.4 is 0 Å². The molecule has 0 aliphatic heterocycles. The maximum absolute atomic E-state index is 2.45. The molecule has 23 rings (SSSR count). The van der Waals surface area contributed by atoms with Crippen LogP contribution >= 0.6 is 0 Å². The lowest BCUT2D eigenvalue weighted by molar-refractivity contribution is 1.61. The van der Waals surface area contributed by atoms with Gasteiger partial charge in [-0.05, 0) is 267 Å². The lowest BCUT2D eigenvalue weighted by Crippen LogP contribution is -1.95. The number of benzene rings is 23. The van der Waals surface area contributed by atoms with Gasteiger partial charge in [0, 0.05) is 0 Å². The zero-order chi connectivity index (χ0) is 75.2. The van der Waals surface area contributed by atoms with Gasteiger partial charge >= 0.3 is 0 Å². The highest BCUT2D eigenvalue weighted by Crippen LogP contribution is 2.54. The first kappa shape index (κ1) is 66.2. The first-order chi connectivity index (χ1) is 56.6. The molecule has 0 amide bonds. The van der Waals surface area contributed by atoms with E-state index in [9.17, 15) is 0 Å². The molecule has 0 heterocycles.